The van der Waals surface area contributed by atoms with Crippen LogP contribution in [0.3, 0.4) is 0 Å². The summed E-state index contributed by atoms with van der Waals surface area (Å²) in [5.41, 5.74) is 4.71. The number of sulfonamides is 1. The molecule has 0 saturated heterocycles. The number of thiocarbonyl (C=S) groups is 1. The molecule has 8 nitrogen and oxygen atoms in total. The zero-order valence-corrected chi connectivity index (χ0v) is 17.0. The maximum atomic E-state index is 12.6. The molecule has 11 heteroatoms. The molecule has 28 heavy (non-hydrogen) atoms. The van der Waals surface area contributed by atoms with Crippen molar-refractivity contribution in [3.63, 3.8) is 0 Å². The minimum Gasteiger partial charge on any atom is -0.331 e. The summed E-state index contributed by atoms with van der Waals surface area (Å²) in [7, 11) is -3.77. The Hall–Kier alpha value is -2.53. The number of amides is 1. The molecule has 0 spiro atoms. The fraction of sp³-hybridized carbons (Fsp3) is 0.118. The maximum absolute atomic E-state index is 12.6. The lowest BCUT2D eigenvalue weighted by Gasteiger charge is -2.13. The van der Waals surface area contributed by atoms with Gasteiger partial charge in [0.05, 0.1) is 10.6 Å². The van der Waals surface area contributed by atoms with E-state index in [1.165, 1.54) is 24.3 Å². The molecule has 1 heterocycles. The second kappa shape index (κ2) is 7.84. The molecule has 2 aromatic carbocycles. The summed E-state index contributed by atoms with van der Waals surface area (Å²) in [6, 6.07) is 10.9. The molecule has 0 aromatic heterocycles. The van der Waals surface area contributed by atoms with Gasteiger partial charge in [-0.2, -0.15) is 5.10 Å². The van der Waals surface area contributed by atoms with Crippen LogP contribution in [0, 0.1) is 0 Å². The van der Waals surface area contributed by atoms with E-state index in [0.717, 1.165) is 5.69 Å². The molecule has 0 saturated carbocycles. The number of carbonyl (C=O) groups is 1. The van der Waals surface area contributed by atoms with Crippen LogP contribution in [0.2, 0.25) is 5.02 Å². The Labute approximate surface area is 172 Å². The van der Waals surface area contributed by atoms with Crippen LogP contribution in [0.25, 0.3) is 0 Å². The predicted octanol–water partition coefficient (Wildman–Crippen LogP) is 2.04. The molecule has 0 atom stereocenters. The van der Waals surface area contributed by atoms with Gasteiger partial charge in [0.15, 0.2) is 10.8 Å². The quantitative estimate of drug-likeness (QED) is 0.497. The first-order valence-electron chi connectivity index (χ1n) is 8.10. The fourth-order valence-corrected chi connectivity index (χ4v) is 3.55. The summed E-state index contributed by atoms with van der Waals surface area (Å²) in [4.78, 5) is 14.2. The number of halogens is 1. The molecule has 1 amide bonds. The average Bonchev–Trinajstić information content (AvgIpc) is 2.89. The number of nitrogens with two attached hydrogens (primary N) is 1. The normalized spacial score (nSPS) is 14.9. The fourth-order valence-electron chi connectivity index (χ4n) is 2.70. The van der Waals surface area contributed by atoms with Crippen LogP contribution < -0.4 is 20.8 Å². The molecule has 0 aliphatic carbocycles. The molecule has 0 radical (unpaired) electrons. The summed E-state index contributed by atoms with van der Waals surface area (Å²) < 4.78 is 22.6. The number of rotatable bonds is 4. The standard InChI is InChI=1S/C17H16ClN5O3S2/c1-2-23-14-8-3-10(18)9-13(14)15(16(23)24)21-22-17(27)20-11-4-6-12(7-5-11)28(19,25)26/h3-9H,2H2,1H3,(H2,19,25,26)(H2,20,22,27). The Morgan fingerprint density at radius 2 is 1.93 bits per heavy atom. The molecular weight excluding hydrogens is 422 g/mol. The number of anilines is 2. The number of fused-ring (bicyclic) bond motifs is 1. The molecule has 146 valence electrons. The van der Waals surface area contributed by atoms with Crippen molar-refractivity contribution >= 4 is 61.9 Å². The number of nitrogens with zero attached hydrogens (tertiary/aromatic N) is 2. The van der Waals surface area contributed by atoms with Gasteiger partial charge in [-0.15, -0.1) is 0 Å². The summed E-state index contributed by atoms with van der Waals surface area (Å²) in [6.07, 6.45) is 0. The topological polar surface area (TPSA) is 117 Å². The number of hydrazone groups is 1. The molecule has 3 rings (SSSR count). The van der Waals surface area contributed by atoms with Crippen LogP contribution in [-0.2, 0) is 14.8 Å². The third-order valence-corrected chi connectivity index (χ3v) is 5.34. The first kappa shape index (κ1) is 20.2. The third kappa shape index (κ3) is 4.14. The number of hydrogen-bond donors (Lipinski definition) is 3. The lowest BCUT2D eigenvalue weighted by Crippen LogP contribution is -2.32. The van der Waals surface area contributed by atoms with Crippen molar-refractivity contribution in [2.24, 2.45) is 10.2 Å². The van der Waals surface area contributed by atoms with E-state index in [1.54, 1.807) is 23.1 Å². The van der Waals surface area contributed by atoms with Crippen LogP contribution in [0.15, 0.2) is 52.5 Å². The van der Waals surface area contributed by atoms with Crippen molar-refractivity contribution in [1.82, 2.24) is 5.43 Å². The summed E-state index contributed by atoms with van der Waals surface area (Å²) in [5.74, 6) is -0.257. The van der Waals surface area contributed by atoms with Gasteiger partial charge in [-0.25, -0.2) is 13.6 Å². The highest BCUT2D eigenvalue weighted by atomic mass is 35.5. The minimum absolute atomic E-state index is 0.0122. The van der Waals surface area contributed by atoms with Crippen LogP contribution in [-0.4, -0.2) is 31.7 Å². The number of nitrogens with one attached hydrogen (secondary N) is 2. The Morgan fingerprint density at radius 1 is 1.25 bits per heavy atom. The highest BCUT2D eigenvalue weighted by molar-refractivity contribution is 7.89. The number of benzene rings is 2. The minimum atomic E-state index is -3.77. The Balaban J connectivity index is 1.76. The van der Waals surface area contributed by atoms with Crippen molar-refractivity contribution in [1.29, 1.82) is 0 Å². The van der Waals surface area contributed by atoms with Gasteiger partial charge < -0.3 is 10.2 Å². The van der Waals surface area contributed by atoms with Gasteiger partial charge in [-0.05, 0) is 61.6 Å². The molecule has 1 aliphatic heterocycles. The SMILES string of the molecule is CCN1C(=O)C(=NNC(=S)Nc2ccc(S(N)(=O)=O)cc2)c2cc(Cl)ccc21. The number of carbonyl (C=O) groups excluding carboxylic acids is 1. The van der Waals surface area contributed by atoms with Gasteiger partial charge in [0.2, 0.25) is 10.0 Å². The lowest BCUT2D eigenvalue weighted by atomic mass is 10.1. The monoisotopic (exact) mass is 437 g/mol. The Morgan fingerprint density at radius 3 is 2.54 bits per heavy atom. The highest BCUT2D eigenvalue weighted by Crippen LogP contribution is 2.31. The third-order valence-electron chi connectivity index (χ3n) is 3.98. The van der Waals surface area contributed by atoms with Crippen molar-refractivity contribution in [3.05, 3.63) is 53.1 Å². The molecular formula is C17H16ClN5O3S2. The first-order chi connectivity index (χ1) is 13.2. The Kier molecular flexibility index (Phi) is 5.66. The molecule has 0 bridgehead atoms. The average molecular weight is 438 g/mol. The van der Waals surface area contributed by atoms with E-state index in [9.17, 15) is 13.2 Å². The number of likely N-dealkylation sites (N-methyl/N-ethyl adjacent to an activating group) is 1. The Bertz CT molecular complexity index is 1080. The van der Waals surface area contributed by atoms with E-state index in [-0.39, 0.29) is 21.6 Å². The zero-order chi connectivity index (χ0) is 20.5. The highest BCUT2D eigenvalue weighted by Gasteiger charge is 2.33. The second-order valence-corrected chi connectivity index (χ2v) is 8.21. The number of hydrogen-bond acceptors (Lipinski definition) is 5. The molecule has 0 unspecified atom stereocenters. The molecule has 4 N–H and O–H groups in total. The van der Waals surface area contributed by atoms with Crippen LogP contribution in [0.4, 0.5) is 11.4 Å². The molecule has 0 fully saturated rings. The van der Waals surface area contributed by atoms with Crippen molar-refractivity contribution in [2.45, 2.75) is 11.8 Å². The zero-order valence-electron chi connectivity index (χ0n) is 14.6. The van der Waals surface area contributed by atoms with Crippen molar-refractivity contribution in [2.75, 3.05) is 16.8 Å². The summed E-state index contributed by atoms with van der Waals surface area (Å²) in [5, 5.41) is 12.7. The first-order valence-corrected chi connectivity index (χ1v) is 10.4. The van der Waals surface area contributed by atoms with Crippen molar-refractivity contribution in [3.8, 4) is 0 Å². The molecule has 1 aliphatic rings. The van der Waals surface area contributed by atoms with Gasteiger partial charge in [-0.1, -0.05) is 11.6 Å². The van der Waals surface area contributed by atoms with Gasteiger partial charge >= 0.3 is 0 Å². The van der Waals surface area contributed by atoms with Crippen LogP contribution in [0.5, 0.6) is 0 Å². The molecule has 2 aromatic rings. The maximum Gasteiger partial charge on any atom is 0.279 e. The number of primary sulfonamides is 1. The van der Waals surface area contributed by atoms with E-state index < -0.39 is 10.0 Å². The lowest BCUT2D eigenvalue weighted by molar-refractivity contribution is -0.112. The van der Waals surface area contributed by atoms with E-state index in [4.69, 9.17) is 29.0 Å². The van der Waals surface area contributed by atoms with Gasteiger partial charge in [0.25, 0.3) is 5.91 Å². The van der Waals surface area contributed by atoms with E-state index in [2.05, 4.69) is 15.8 Å². The smallest absolute Gasteiger partial charge is 0.279 e. The van der Waals surface area contributed by atoms with Crippen LogP contribution in [0.1, 0.15) is 12.5 Å². The summed E-state index contributed by atoms with van der Waals surface area (Å²) >= 11 is 11.2. The van der Waals surface area contributed by atoms with Crippen LogP contribution >= 0.6 is 23.8 Å². The van der Waals surface area contributed by atoms with Gasteiger partial charge in [-0.3, -0.25) is 10.2 Å². The van der Waals surface area contributed by atoms with Crippen molar-refractivity contribution < 1.29 is 13.2 Å². The predicted molar refractivity (Wildman–Crippen MR) is 113 cm³/mol. The van der Waals surface area contributed by atoms with E-state index >= 15 is 0 Å². The largest absolute Gasteiger partial charge is 0.331 e. The van der Waals surface area contributed by atoms with E-state index in [1.807, 2.05) is 6.92 Å². The van der Waals surface area contributed by atoms with Gasteiger partial charge in [0, 0.05) is 22.8 Å². The van der Waals surface area contributed by atoms with Gasteiger partial charge in [0.1, 0.15) is 0 Å². The summed E-state index contributed by atoms with van der Waals surface area (Å²) in [6.45, 7) is 2.36. The van der Waals surface area contributed by atoms with E-state index in [0.29, 0.717) is 22.8 Å². The second-order valence-electron chi connectivity index (χ2n) is 5.81.